The Balaban J connectivity index is 1.50. The first-order chi connectivity index (χ1) is 49.9. The number of nitrogens with one attached hydrogen (secondary N) is 11. The summed E-state index contributed by atoms with van der Waals surface area (Å²) >= 11 is 0. The Bertz CT molecular complexity index is 3280. The molecule has 1 aromatic rings. The maximum atomic E-state index is 15.3. The number of carbonyl (C=O) groups excluding carboxylic acids is 14. The van der Waals surface area contributed by atoms with Gasteiger partial charge in [-0.2, -0.15) is 0 Å². The van der Waals surface area contributed by atoms with Gasteiger partial charge in [0.2, 0.25) is 82.7 Å². The van der Waals surface area contributed by atoms with Crippen molar-refractivity contribution in [2.75, 3.05) is 45.9 Å². The Hall–Kier alpha value is -9.58. The summed E-state index contributed by atoms with van der Waals surface area (Å²) in [7, 11) is 0. The molecule has 0 saturated carbocycles. The minimum Gasteiger partial charge on any atom is -0.481 e. The largest absolute Gasteiger partial charge is 0.481 e. The number of carboxylic acids is 1. The molecule has 5 saturated heterocycles. The lowest BCUT2D eigenvalue weighted by Crippen LogP contribution is -2.62. The number of hydrogen-bond acceptors (Lipinski definition) is 19. The van der Waals surface area contributed by atoms with Crippen LogP contribution in [0.4, 0.5) is 0 Å². The zero-order chi connectivity index (χ0) is 77.2. The average molecular weight is 1480 g/mol. The lowest BCUT2D eigenvalue weighted by molar-refractivity contribution is -0.148. The molecule has 582 valence electrons. The maximum Gasteiger partial charge on any atom is 0.305 e. The van der Waals surface area contributed by atoms with Gasteiger partial charge in [0.25, 0.3) is 0 Å². The first-order valence-electron chi connectivity index (χ1n) is 36.4. The molecule has 5 aliphatic rings. The molecule has 5 fully saturated rings. The number of amides is 14. The molecule has 5 aliphatic heterocycles. The van der Waals surface area contributed by atoms with Crippen molar-refractivity contribution >= 4 is 94.6 Å². The summed E-state index contributed by atoms with van der Waals surface area (Å²) in [4.78, 5) is 225. The number of nitrogens with zero attached hydrogens (tertiary/aromatic N) is 4. The molecule has 0 spiro atoms. The van der Waals surface area contributed by atoms with Crippen molar-refractivity contribution in [2.45, 2.75) is 241 Å². The molecule has 20 N–H and O–H groups in total. The standard InChI is InChI=1S/C69H108N18O18/c1-37(2)31-45-61(98)77-42-19-9-10-20-44(76-57(94)41(22-13-27-73-69(71)72)75-53(90)35-74-56(93)46(34-54(91)92)80-63(100)50-23-14-28-85(50)67(104)48(82-58(42)95)33-40-17-7-6-8-18-40)60(97)84-55(39(5)89)65(102)78-43(21-11-12-26-70)59(96)83-49(36-88)62(99)81-47(32-38(3)4)66(103)87-30-16-25-52(87)68(105)86-29-15-24-51(86)64(101)79-45/h6-8,17-18,37-39,41-52,55,88-89H,9-16,19-36,70H2,1-5H3,(H,74,93)(H,75,90)(H,76,94)(H,77,98)(H,78,102)(H,79,101)(H,80,100)(H,81,99)(H,82,95)(H,83,96)(H,84,97)(H,91,92)(H4,71,72,73)/t39-,41-,42+,43-,44-,45-,46-,47-,48-,49-,50-,51-,52-,55-/m0/s1. The molecule has 14 atom stereocenters. The summed E-state index contributed by atoms with van der Waals surface area (Å²) in [5.41, 5.74) is 17.5. The van der Waals surface area contributed by atoms with E-state index >= 15 is 14.4 Å². The number of unbranched alkanes of at least 4 members (excludes halogenated alkanes) is 1. The Labute approximate surface area is 609 Å². The second-order valence-corrected chi connectivity index (χ2v) is 28.4. The number of aliphatic carboxylic acids is 1. The highest BCUT2D eigenvalue weighted by Crippen LogP contribution is 2.28. The highest BCUT2D eigenvalue weighted by atomic mass is 16.4. The summed E-state index contributed by atoms with van der Waals surface area (Å²) in [5.74, 6) is -15.4. The summed E-state index contributed by atoms with van der Waals surface area (Å²) in [6.07, 6.45) is -2.34. The Morgan fingerprint density at radius 3 is 1.52 bits per heavy atom. The van der Waals surface area contributed by atoms with E-state index in [0.717, 1.165) is 6.92 Å². The van der Waals surface area contributed by atoms with Gasteiger partial charge in [-0.05, 0) is 127 Å². The van der Waals surface area contributed by atoms with Crippen molar-refractivity contribution in [3.63, 3.8) is 0 Å². The number of hydrogen-bond donors (Lipinski definition) is 17. The van der Waals surface area contributed by atoms with E-state index in [1.54, 1.807) is 58.0 Å². The second kappa shape index (κ2) is 41.2. The van der Waals surface area contributed by atoms with Gasteiger partial charge >= 0.3 is 5.97 Å². The van der Waals surface area contributed by atoms with Gasteiger partial charge < -0.3 is 106 Å². The predicted molar refractivity (Wildman–Crippen MR) is 378 cm³/mol. The van der Waals surface area contributed by atoms with Crippen molar-refractivity contribution in [3.8, 4) is 0 Å². The summed E-state index contributed by atoms with van der Waals surface area (Å²) < 4.78 is 0. The number of nitrogens with two attached hydrogens (primary N) is 3. The Kier molecular flexibility index (Phi) is 33.1. The summed E-state index contributed by atoms with van der Waals surface area (Å²) in [6.45, 7) is 6.55. The molecular weight excluding hydrogens is 1370 g/mol. The topological polar surface area (TPSA) is 549 Å². The van der Waals surface area contributed by atoms with E-state index in [4.69, 9.17) is 17.2 Å². The van der Waals surface area contributed by atoms with Crippen LogP contribution in [0.25, 0.3) is 0 Å². The number of carboxylic acid groups (broad SMARTS) is 1. The lowest BCUT2D eigenvalue weighted by Gasteiger charge is -2.34. The molecule has 0 aromatic heterocycles. The lowest BCUT2D eigenvalue weighted by atomic mass is 9.99. The zero-order valence-electron chi connectivity index (χ0n) is 60.5. The molecule has 36 nitrogen and oxygen atoms in total. The van der Waals surface area contributed by atoms with Crippen molar-refractivity contribution in [2.24, 2.45) is 34.0 Å². The van der Waals surface area contributed by atoms with Gasteiger partial charge in [-0.3, -0.25) is 76.9 Å². The third kappa shape index (κ3) is 25.3. The van der Waals surface area contributed by atoms with E-state index in [0.29, 0.717) is 24.8 Å². The SMILES string of the molecule is CC(C)C[C@@H]1NC(=O)[C@@H]2CCCN2C(=O)[C@@H]2CCCN2C(=O)[C@H](CC(C)C)NC(=O)[C@H](CO)NC(=O)[C@H](CCCCN)NC(=O)[C@H]([C@H](C)O)NC(=O)[C@@H]2CCCC[C@@H](NC1=O)C(=O)N[C@@H](Cc1ccccc1)C(=O)N1CCC[C@H]1C(=O)N[C@@H](CC(=O)O)C(=O)NCC(=O)N[C@@H](CCCN=C(N)N)C(=O)N2. The molecule has 14 amide bonds. The number of guanidine groups is 1. The maximum absolute atomic E-state index is 15.3. The van der Waals surface area contributed by atoms with Crippen LogP contribution in [-0.4, -0.2) is 255 Å². The normalized spacial score (nSPS) is 28.0. The van der Waals surface area contributed by atoms with Gasteiger partial charge in [0.15, 0.2) is 5.96 Å². The van der Waals surface area contributed by atoms with Gasteiger partial charge in [-0.1, -0.05) is 70.9 Å². The van der Waals surface area contributed by atoms with E-state index in [9.17, 15) is 72.9 Å². The molecule has 0 aliphatic carbocycles. The van der Waals surface area contributed by atoms with E-state index in [1.165, 1.54) is 14.7 Å². The van der Waals surface area contributed by atoms with Gasteiger partial charge in [0.1, 0.15) is 78.5 Å². The van der Waals surface area contributed by atoms with Crippen molar-refractivity contribution in [1.29, 1.82) is 0 Å². The number of carbonyl (C=O) groups is 15. The van der Waals surface area contributed by atoms with Crippen molar-refractivity contribution < 1.29 is 87.2 Å². The van der Waals surface area contributed by atoms with Crippen molar-refractivity contribution in [1.82, 2.24) is 73.2 Å². The average Bonchev–Trinajstić information content (AvgIpc) is 1.67. The zero-order valence-corrected chi connectivity index (χ0v) is 60.5. The van der Waals surface area contributed by atoms with Crippen LogP contribution < -0.4 is 75.7 Å². The molecule has 0 radical (unpaired) electrons. The van der Waals surface area contributed by atoms with Crippen LogP contribution in [-0.2, 0) is 78.3 Å². The third-order valence-electron chi connectivity index (χ3n) is 19.0. The Morgan fingerprint density at radius 2 is 0.962 bits per heavy atom. The minimum atomic E-state index is -1.93. The molecule has 6 rings (SSSR count). The highest BCUT2D eigenvalue weighted by molar-refractivity contribution is 6.01. The summed E-state index contributed by atoms with van der Waals surface area (Å²) in [6, 6.07) is -11.2. The van der Waals surface area contributed by atoms with Crippen LogP contribution in [0.15, 0.2) is 35.3 Å². The van der Waals surface area contributed by atoms with E-state index < -0.39 is 193 Å². The third-order valence-corrected chi connectivity index (χ3v) is 19.0. The van der Waals surface area contributed by atoms with E-state index in [1.807, 2.05) is 0 Å². The summed E-state index contributed by atoms with van der Waals surface area (Å²) in [5, 5.41) is 60.2. The minimum absolute atomic E-state index is 0.000184. The molecule has 36 heteroatoms. The van der Waals surface area contributed by atoms with Crippen LogP contribution in [0.5, 0.6) is 0 Å². The molecule has 5 heterocycles. The second-order valence-electron chi connectivity index (χ2n) is 28.4. The van der Waals surface area contributed by atoms with Gasteiger partial charge in [-0.15, -0.1) is 0 Å². The fourth-order valence-corrected chi connectivity index (χ4v) is 13.6. The number of aliphatic imine (C=N–C) groups is 1. The van der Waals surface area contributed by atoms with E-state index in [2.05, 4.69) is 63.5 Å². The van der Waals surface area contributed by atoms with Crippen LogP contribution in [0, 0.1) is 11.8 Å². The first kappa shape index (κ1) is 84.4. The quantitative estimate of drug-likeness (QED) is 0.0371. The highest BCUT2D eigenvalue weighted by Gasteiger charge is 2.46. The van der Waals surface area contributed by atoms with E-state index in [-0.39, 0.29) is 147 Å². The fraction of sp³-hybridized carbons (Fsp3) is 0.681. The van der Waals surface area contributed by atoms with Crippen LogP contribution in [0.1, 0.15) is 156 Å². The van der Waals surface area contributed by atoms with Crippen LogP contribution in [0.2, 0.25) is 0 Å². The molecule has 0 unspecified atom stereocenters. The molecule has 1 aromatic carbocycles. The smallest absolute Gasteiger partial charge is 0.305 e. The first-order valence-corrected chi connectivity index (χ1v) is 36.4. The van der Waals surface area contributed by atoms with Gasteiger partial charge in [0, 0.05) is 32.6 Å². The number of aliphatic hydroxyl groups is 2. The molecular formula is C69H108N18O18. The van der Waals surface area contributed by atoms with Gasteiger partial charge in [0.05, 0.1) is 25.7 Å². The number of aliphatic hydroxyl groups excluding tert-OH is 2. The predicted octanol–water partition coefficient (Wildman–Crippen LogP) is -5.12. The van der Waals surface area contributed by atoms with Crippen LogP contribution in [0.3, 0.4) is 0 Å². The fourth-order valence-electron chi connectivity index (χ4n) is 13.6. The Morgan fingerprint density at radius 1 is 0.495 bits per heavy atom. The van der Waals surface area contributed by atoms with Crippen molar-refractivity contribution in [3.05, 3.63) is 35.9 Å². The molecule has 105 heavy (non-hydrogen) atoms. The molecule has 2 bridgehead atoms. The number of fused-ring (bicyclic) bond motifs is 8. The number of rotatable bonds is 18. The monoisotopic (exact) mass is 1480 g/mol. The number of benzene rings is 1. The van der Waals surface area contributed by atoms with Crippen LogP contribution >= 0.6 is 0 Å². The van der Waals surface area contributed by atoms with Gasteiger partial charge in [-0.25, -0.2) is 0 Å².